The number of benzene rings is 3. The van der Waals surface area contributed by atoms with Crippen LogP contribution in [0.15, 0.2) is 59.1 Å². The number of piperidine rings is 1. The van der Waals surface area contributed by atoms with Crippen molar-refractivity contribution >= 4 is 45.2 Å². The van der Waals surface area contributed by atoms with Crippen LogP contribution in [-0.2, 0) is 4.79 Å². The van der Waals surface area contributed by atoms with Gasteiger partial charge in [-0.3, -0.25) is 9.59 Å². The van der Waals surface area contributed by atoms with Crippen molar-refractivity contribution in [3.8, 4) is 11.3 Å². The second kappa shape index (κ2) is 7.73. The molecule has 1 aliphatic heterocycles. The number of aromatic nitrogens is 1. The minimum atomic E-state index is -0.0518. The molecule has 0 spiro atoms. The first kappa shape index (κ1) is 20.5. The molecule has 7 heteroatoms. The second-order valence-corrected chi connectivity index (χ2v) is 9.02. The van der Waals surface area contributed by atoms with E-state index in [1.54, 1.807) is 0 Å². The molecule has 1 saturated heterocycles. The number of ketones is 2. The lowest BCUT2D eigenvalue weighted by Gasteiger charge is -2.29. The lowest BCUT2D eigenvalue weighted by molar-refractivity contribution is -0.119. The first-order valence-corrected chi connectivity index (χ1v) is 11.4. The first-order valence-electron chi connectivity index (χ1n) is 11.4. The molecular formula is C27H24N4O3. The normalized spacial score (nSPS) is 14.9. The van der Waals surface area contributed by atoms with Crippen LogP contribution in [0.3, 0.4) is 0 Å². The van der Waals surface area contributed by atoms with Gasteiger partial charge in [-0.25, -0.2) is 0 Å². The molecule has 1 fully saturated rings. The second-order valence-electron chi connectivity index (χ2n) is 9.02. The molecule has 0 amide bonds. The molecule has 2 heterocycles. The van der Waals surface area contributed by atoms with Gasteiger partial charge in [0.15, 0.2) is 11.5 Å². The predicted octanol–water partition coefficient (Wildman–Crippen LogP) is 5.02. The van der Waals surface area contributed by atoms with Gasteiger partial charge in [0.1, 0.15) is 11.3 Å². The Morgan fingerprint density at radius 2 is 1.68 bits per heavy atom. The smallest absolute Gasteiger partial charge is 0.196 e. The average Bonchev–Trinajstić information content (AvgIpc) is 3.29. The minimum absolute atomic E-state index is 0.0518. The van der Waals surface area contributed by atoms with Gasteiger partial charge in [-0.15, -0.1) is 0 Å². The van der Waals surface area contributed by atoms with E-state index in [9.17, 15) is 9.59 Å². The van der Waals surface area contributed by atoms with E-state index in [0.29, 0.717) is 54.0 Å². The number of nitrogens with one attached hydrogen (secondary N) is 1. The minimum Gasteiger partial charge on any atom is -0.378 e. The highest BCUT2D eigenvalue weighted by Gasteiger charge is 2.34. The largest absolute Gasteiger partial charge is 0.378 e. The van der Waals surface area contributed by atoms with Gasteiger partial charge >= 0.3 is 0 Å². The van der Waals surface area contributed by atoms with E-state index in [1.807, 2.05) is 73.6 Å². The molecule has 0 atom stereocenters. The zero-order valence-electron chi connectivity index (χ0n) is 19.1. The zero-order chi connectivity index (χ0) is 23.4. The van der Waals surface area contributed by atoms with Crippen molar-refractivity contribution in [2.45, 2.75) is 12.8 Å². The summed E-state index contributed by atoms with van der Waals surface area (Å²) in [5.74, 6) is 0.833. The fourth-order valence-corrected chi connectivity index (χ4v) is 4.88. The molecule has 0 unspecified atom stereocenters. The Kier molecular flexibility index (Phi) is 4.65. The molecule has 0 radical (unpaired) electrons. The highest BCUT2D eigenvalue weighted by atomic mass is 16.5. The first-order chi connectivity index (χ1) is 16.5. The quantitative estimate of drug-likeness (QED) is 0.410. The number of rotatable bonds is 4. The summed E-state index contributed by atoms with van der Waals surface area (Å²) in [5.41, 5.74) is 6.15. The highest BCUT2D eigenvalue weighted by Crippen LogP contribution is 2.46. The topological polar surface area (TPSA) is 78.7 Å². The maximum Gasteiger partial charge on any atom is 0.196 e. The number of carbonyl (C=O) groups is 2. The van der Waals surface area contributed by atoms with E-state index in [1.165, 1.54) is 0 Å². The van der Waals surface area contributed by atoms with Crippen molar-refractivity contribution in [2.75, 3.05) is 42.3 Å². The van der Waals surface area contributed by atoms with Crippen LogP contribution >= 0.6 is 0 Å². The fraction of sp³-hybridized carbons (Fsp3) is 0.222. The Labute approximate surface area is 196 Å². The van der Waals surface area contributed by atoms with Crippen molar-refractivity contribution in [2.24, 2.45) is 0 Å². The van der Waals surface area contributed by atoms with Crippen molar-refractivity contribution in [3.63, 3.8) is 0 Å². The Hall–Kier alpha value is -4.13. The van der Waals surface area contributed by atoms with E-state index in [2.05, 4.69) is 15.4 Å². The van der Waals surface area contributed by atoms with Crippen molar-refractivity contribution in [1.29, 1.82) is 0 Å². The molecule has 7 nitrogen and oxygen atoms in total. The molecular weight excluding hydrogens is 428 g/mol. The van der Waals surface area contributed by atoms with Crippen LogP contribution in [0.25, 0.3) is 22.2 Å². The summed E-state index contributed by atoms with van der Waals surface area (Å²) in [6, 6.07) is 17.5. The van der Waals surface area contributed by atoms with E-state index >= 15 is 0 Å². The predicted molar refractivity (Wildman–Crippen MR) is 133 cm³/mol. The molecule has 0 saturated carbocycles. The lowest BCUT2D eigenvalue weighted by atomic mass is 9.86. The number of Topliss-reactive ketones (excluding diaryl/α,β-unsaturated/α-hetero) is 1. The summed E-state index contributed by atoms with van der Waals surface area (Å²) in [4.78, 5) is 29.8. The Balaban J connectivity index is 1.54. The Morgan fingerprint density at radius 3 is 2.38 bits per heavy atom. The monoisotopic (exact) mass is 452 g/mol. The SMILES string of the molecule is CN(C)c1ccc(Nc2cc(N3CCC(=O)CC3)c3noc4c3c2C(=O)c2ccccc2-4)cc1. The van der Waals surface area contributed by atoms with Crippen LogP contribution in [0.1, 0.15) is 28.8 Å². The van der Waals surface area contributed by atoms with Gasteiger partial charge in [-0.2, -0.15) is 0 Å². The summed E-state index contributed by atoms with van der Waals surface area (Å²) in [6.45, 7) is 1.24. The van der Waals surface area contributed by atoms with E-state index in [-0.39, 0.29) is 11.6 Å². The number of nitrogens with zero attached hydrogens (tertiary/aromatic N) is 3. The molecule has 6 rings (SSSR count). The third-order valence-corrected chi connectivity index (χ3v) is 6.70. The molecule has 1 aliphatic carbocycles. The maximum atomic E-state index is 13.7. The van der Waals surface area contributed by atoms with E-state index in [0.717, 1.165) is 28.0 Å². The van der Waals surface area contributed by atoms with Gasteiger partial charge < -0.3 is 19.6 Å². The number of fused-ring (bicyclic) bond motifs is 2. The van der Waals surface area contributed by atoms with Crippen LogP contribution in [-0.4, -0.2) is 43.9 Å². The Morgan fingerprint density at radius 1 is 0.971 bits per heavy atom. The third kappa shape index (κ3) is 3.15. The van der Waals surface area contributed by atoms with Gasteiger partial charge in [-0.1, -0.05) is 29.4 Å². The van der Waals surface area contributed by atoms with Gasteiger partial charge in [0, 0.05) is 62.5 Å². The molecule has 0 bridgehead atoms. The van der Waals surface area contributed by atoms with Gasteiger partial charge in [0.05, 0.1) is 22.3 Å². The summed E-state index contributed by atoms with van der Waals surface area (Å²) in [7, 11) is 4.00. The van der Waals surface area contributed by atoms with Crippen LogP contribution in [0.5, 0.6) is 0 Å². The Bertz CT molecular complexity index is 1440. The zero-order valence-corrected chi connectivity index (χ0v) is 19.1. The van der Waals surface area contributed by atoms with Gasteiger partial charge in [0.2, 0.25) is 0 Å². The fourth-order valence-electron chi connectivity index (χ4n) is 4.88. The number of anilines is 4. The summed E-state index contributed by atoms with van der Waals surface area (Å²) in [5, 5.41) is 8.62. The van der Waals surface area contributed by atoms with E-state index < -0.39 is 0 Å². The van der Waals surface area contributed by atoms with Crippen LogP contribution < -0.4 is 15.1 Å². The maximum absolute atomic E-state index is 13.7. The van der Waals surface area contributed by atoms with Gasteiger partial charge in [-0.05, 0) is 30.3 Å². The van der Waals surface area contributed by atoms with Crippen molar-refractivity contribution < 1.29 is 14.1 Å². The van der Waals surface area contributed by atoms with E-state index in [4.69, 9.17) is 4.52 Å². The van der Waals surface area contributed by atoms with Crippen molar-refractivity contribution in [1.82, 2.24) is 5.16 Å². The summed E-state index contributed by atoms with van der Waals surface area (Å²) in [6.07, 6.45) is 1.01. The van der Waals surface area contributed by atoms with Crippen LogP contribution in [0.2, 0.25) is 0 Å². The number of hydrogen-bond acceptors (Lipinski definition) is 7. The molecule has 170 valence electrons. The molecule has 34 heavy (non-hydrogen) atoms. The van der Waals surface area contributed by atoms with Crippen LogP contribution in [0, 0.1) is 0 Å². The lowest BCUT2D eigenvalue weighted by Crippen LogP contribution is -2.34. The molecule has 1 N–H and O–H groups in total. The third-order valence-electron chi connectivity index (χ3n) is 6.70. The molecule has 3 aromatic carbocycles. The standard InChI is InChI=1S/C27H24N4O3/c1-30(2)17-9-7-16(8-10-17)28-21-15-22(31-13-11-18(32)12-14-31)25-24-23(21)26(33)19-5-3-4-6-20(19)27(24)34-29-25/h3-10,15,28H,11-14H2,1-2H3. The number of carbonyl (C=O) groups excluding carboxylic acids is 2. The number of hydrogen-bond donors (Lipinski definition) is 1. The summed E-state index contributed by atoms with van der Waals surface area (Å²) >= 11 is 0. The molecule has 2 aliphatic rings. The van der Waals surface area contributed by atoms with Crippen LogP contribution in [0.4, 0.5) is 22.7 Å². The molecule has 4 aromatic rings. The van der Waals surface area contributed by atoms with Gasteiger partial charge in [0.25, 0.3) is 0 Å². The molecule has 1 aromatic heterocycles. The van der Waals surface area contributed by atoms with Crippen molar-refractivity contribution in [3.05, 3.63) is 65.7 Å². The average molecular weight is 453 g/mol. The highest BCUT2D eigenvalue weighted by molar-refractivity contribution is 6.28. The summed E-state index contributed by atoms with van der Waals surface area (Å²) < 4.78 is 5.84.